The van der Waals surface area contributed by atoms with Gasteiger partial charge in [-0.3, -0.25) is 14.5 Å². The summed E-state index contributed by atoms with van der Waals surface area (Å²) in [7, 11) is 0. The molecule has 4 nitrogen and oxygen atoms in total. The highest BCUT2D eigenvalue weighted by Gasteiger charge is 2.34. The molecular weight excluding hydrogens is 457 g/mol. The van der Waals surface area contributed by atoms with E-state index >= 15 is 0 Å². The van der Waals surface area contributed by atoms with E-state index in [4.69, 9.17) is 6.42 Å². The maximum atomic E-state index is 12.0. The predicted octanol–water partition coefficient (Wildman–Crippen LogP) is 3.43. The first kappa shape index (κ1) is 15.4. The number of amides is 2. The van der Waals surface area contributed by atoms with Crippen molar-refractivity contribution in [1.82, 2.24) is 4.90 Å². The van der Waals surface area contributed by atoms with Crippen LogP contribution in [-0.2, 0) is 4.79 Å². The molecule has 0 spiro atoms. The van der Waals surface area contributed by atoms with Crippen LogP contribution in [0.1, 0.15) is 5.56 Å². The van der Waals surface area contributed by atoms with Gasteiger partial charge >= 0.3 is 0 Å². The van der Waals surface area contributed by atoms with Gasteiger partial charge in [-0.25, -0.2) is 0 Å². The van der Waals surface area contributed by atoms with Crippen molar-refractivity contribution < 1.29 is 14.7 Å². The molecule has 1 saturated heterocycles. The first-order valence-electron chi connectivity index (χ1n) is 5.31. The molecule has 1 aromatic rings. The summed E-state index contributed by atoms with van der Waals surface area (Å²) >= 11 is 6.11. The lowest BCUT2D eigenvalue weighted by atomic mass is 10.2. The Kier molecular flexibility index (Phi) is 4.78. The summed E-state index contributed by atoms with van der Waals surface area (Å²) in [6.07, 6.45) is 6.61. The molecule has 0 unspecified atom stereocenters. The molecular formula is C13H7BrINO3S. The molecule has 0 saturated carbocycles. The highest BCUT2D eigenvalue weighted by atomic mass is 127. The van der Waals surface area contributed by atoms with E-state index in [1.165, 1.54) is 6.08 Å². The summed E-state index contributed by atoms with van der Waals surface area (Å²) in [5.74, 6) is 1.90. The van der Waals surface area contributed by atoms with E-state index in [2.05, 4.69) is 21.9 Å². The van der Waals surface area contributed by atoms with Gasteiger partial charge in [0.05, 0.1) is 15.0 Å². The zero-order valence-electron chi connectivity index (χ0n) is 9.89. The van der Waals surface area contributed by atoms with Gasteiger partial charge in [0.15, 0.2) is 0 Å². The fourth-order valence-corrected chi connectivity index (χ4v) is 3.94. The molecule has 1 N–H and O–H groups in total. The second-order valence-electron chi connectivity index (χ2n) is 3.80. The van der Waals surface area contributed by atoms with E-state index in [1.807, 2.05) is 22.6 Å². The maximum Gasteiger partial charge on any atom is 0.294 e. The number of thioether (sulfide) groups is 1. The Balaban J connectivity index is 2.41. The molecule has 102 valence electrons. The minimum Gasteiger partial charge on any atom is -0.506 e. The van der Waals surface area contributed by atoms with Crippen LogP contribution in [-0.4, -0.2) is 27.7 Å². The number of phenolic OH excluding ortho intramolecular Hbond substituents is 1. The fourth-order valence-electron chi connectivity index (χ4n) is 1.56. The van der Waals surface area contributed by atoms with Crippen molar-refractivity contribution in [1.29, 1.82) is 0 Å². The minimum atomic E-state index is -0.438. The Labute approximate surface area is 141 Å². The topological polar surface area (TPSA) is 57.6 Å². The van der Waals surface area contributed by atoms with Crippen LogP contribution < -0.4 is 0 Å². The number of terminal acetylenes is 1. The summed E-state index contributed by atoms with van der Waals surface area (Å²) in [6, 6.07) is 3.42. The third-order valence-electron chi connectivity index (χ3n) is 2.47. The number of nitrogens with zero attached hydrogens (tertiary/aromatic N) is 1. The predicted molar refractivity (Wildman–Crippen MR) is 90.0 cm³/mol. The van der Waals surface area contributed by atoms with Crippen LogP contribution in [0.2, 0.25) is 0 Å². The van der Waals surface area contributed by atoms with E-state index < -0.39 is 11.1 Å². The zero-order chi connectivity index (χ0) is 14.9. The van der Waals surface area contributed by atoms with Gasteiger partial charge in [-0.15, -0.1) is 6.42 Å². The van der Waals surface area contributed by atoms with Gasteiger partial charge < -0.3 is 5.11 Å². The van der Waals surface area contributed by atoms with Gasteiger partial charge in [0.2, 0.25) is 0 Å². The average molecular weight is 464 g/mol. The summed E-state index contributed by atoms with van der Waals surface area (Å²) < 4.78 is 1.42. The van der Waals surface area contributed by atoms with Crippen LogP contribution in [0.3, 0.4) is 0 Å². The van der Waals surface area contributed by atoms with Gasteiger partial charge in [0.25, 0.3) is 11.1 Å². The van der Waals surface area contributed by atoms with Crippen molar-refractivity contribution >= 4 is 67.5 Å². The number of rotatable bonds is 2. The fraction of sp³-hybridized carbons (Fsp3) is 0.0769. The van der Waals surface area contributed by atoms with E-state index in [1.54, 1.807) is 12.1 Å². The van der Waals surface area contributed by atoms with Crippen LogP contribution in [0.15, 0.2) is 21.5 Å². The van der Waals surface area contributed by atoms with Gasteiger partial charge in [-0.1, -0.05) is 21.9 Å². The Morgan fingerprint density at radius 3 is 2.85 bits per heavy atom. The lowest BCUT2D eigenvalue weighted by molar-refractivity contribution is -0.122. The van der Waals surface area contributed by atoms with Gasteiger partial charge in [0, 0.05) is 10.0 Å². The molecule has 2 amide bonds. The molecule has 0 aliphatic carbocycles. The molecule has 1 aromatic carbocycles. The van der Waals surface area contributed by atoms with Crippen molar-refractivity contribution in [3.05, 3.63) is 30.6 Å². The number of hydrogen-bond acceptors (Lipinski definition) is 4. The molecule has 7 heteroatoms. The number of hydrogen-bond donors (Lipinski definition) is 1. The number of carbonyl (C=O) groups is 2. The summed E-state index contributed by atoms with van der Waals surface area (Å²) in [5.41, 5.74) is 0.468. The van der Waals surface area contributed by atoms with Crippen LogP contribution in [0.25, 0.3) is 6.08 Å². The Morgan fingerprint density at radius 2 is 2.20 bits per heavy atom. The maximum absolute atomic E-state index is 12.0. The number of imide groups is 1. The molecule has 0 bridgehead atoms. The van der Waals surface area contributed by atoms with Gasteiger partial charge in [-0.2, -0.15) is 0 Å². The van der Waals surface area contributed by atoms with E-state index in [9.17, 15) is 14.7 Å². The van der Waals surface area contributed by atoms with Crippen LogP contribution in [0.5, 0.6) is 5.75 Å². The van der Waals surface area contributed by atoms with E-state index in [-0.39, 0.29) is 17.2 Å². The van der Waals surface area contributed by atoms with E-state index in [0.29, 0.717) is 9.13 Å². The Hall–Kier alpha value is -0.980. The lowest BCUT2D eigenvalue weighted by Crippen LogP contribution is -2.28. The number of phenols is 1. The first-order valence-corrected chi connectivity index (χ1v) is 7.99. The average Bonchev–Trinajstić information content (AvgIpc) is 2.63. The van der Waals surface area contributed by atoms with Crippen LogP contribution in [0.4, 0.5) is 4.79 Å². The lowest BCUT2D eigenvalue weighted by Gasteiger charge is -2.07. The summed E-state index contributed by atoms with van der Waals surface area (Å²) in [4.78, 5) is 24.9. The molecule has 0 aromatic heterocycles. The monoisotopic (exact) mass is 463 g/mol. The van der Waals surface area contributed by atoms with Crippen molar-refractivity contribution in [3.8, 4) is 18.1 Å². The molecule has 0 radical (unpaired) electrons. The largest absolute Gasteiger partial charge is 0.506 e. The highest BCUT2D eigenvalue weighted by Crippen LogP contribution is 2.36. The third kappa shape index (κ3) is 3.02. The van der Waals surface area contributed by atoms with Crippen molar-refractivity contribution in [2.75, 3.05) is 6.54 Å². The summed E-state index contributed by atoms with van der Waals surface area (Å²) in [6.45, 7) is -0.0516. The third-order valence-corrected chi connectivity index (χ3v) is 4.65. The van der Waals surface area contributed by atoms with Crippen LogP contribution >= 0.6 is 50.3 Å². The van der Waals surface area contributed by atoms with Crippen molar-refractivity contribution in [2.45, 2.75) is 0 Å². The smallest absolute Gasteiger partial charge is 0.294 e. The molecule has 1 aliphatic rings. The number of halogens is 2. The second kappa shape index (κ2) is 6.20. The van der Waals surface area contributed by atoms with Crippen molar-refractivity contribution in [2.24, 2.45) is 0 Å². The molecule has 0 atom stereocenters. The number of aromatic hydroxyl groups is 1. The Bertz CT molecular complexity index is 681. The standard InChI is InChI=1S/C13H7BrINO3S/c1-2-3-16-12(18)10(20-13(16)19)5-7-4-8(14)6-9(15)11(7)17/h1,4-6,17H,3H2/b10-5+. The normalized spacial score (nSPS) is 16.9. The molecule has 1 heterocycles. The second-order valence-corrected chi connectivity index (χ2v) is 6.87. The highest BCUT2D eigenvalue weighted by molar-refractivity contribution is 14.1. The molecule has 2 rings (SSSR count). The first-order chi connectivity index (χ1) is 9.43. The minimum absolute atomic E-state index is 0.0516. The van der Waals surface area contributed by atoms with Crippen molar-refractivity contribution in [3.63, 3.8) is 0 Å². The Morgan fingerprint density at radius 1 is 1.50 bits per heavy atom. The quantitative estimate of drug-likeness (QED) is 0.414. The molecule has 1 aliphatic heterocycles. The van der Waals surface area contributed by atoms with Gasteiger partial charge in [-0.05, 0) is 52.6 Å². The number of carbonyl (C=O) groups excluding carboxylic acids is 2. The van der Waals surface area contributed by atoms with Crippen LogP contribution in [0, 0.1) is 15.9 Å². The zero-order valence-corrected chi connectivity index (χ0v) is 14.5. The van der Waals surface area contributed by atoms with E-state index in [0.717, 1.165) is 21.1 Å². The SMILES string of the molecule is C#CCN1C(=O)S/C(=C/c2cc(Br)cc(I)c2O)C1=O. The molecule has 1 fully saturated rings. The van der Waals surface area contributed by atoms with Gasteiger partial charge in [0.1, 0.15) is 5.75 Å². The summed E-state index contributed by atoms with van der Waals surface area (Å²) in [5, 5.41) is 9.58. The molecule has 20 heavy (non-hydrogen) atoms. The number of benzene rings is 1.